The van der Waals surface area contributed by atoms with Crippen molar-refractivity contribution in [1.82, 2.24) is 9.97 Å². The summed E-state index contributed by atoms with van der Waals surface area (Å²) in [5.41, 5.74) is 17.1. The lowest BCUT2D eigenvalue weighted by molar-refractivity contribution is 0.667. The number of nitrogens with zero attached hydrogens (tertiary/aromatic N) is 2. The van der Waals surface area contributed by atoms with E-state index in [2.05, 4.69) is 164 Å². The Balaban J connectivity index is 1.19. The predicted molar refractivity (Wildman–Crippen MR) is 219 cm³/mol. The van der Waals surface area contributed by atoms with Crippen LogP contribution in [0.3, 0.4) is 0 Å². The molecule has 1 spiro atoms. The number of hydrogen-bond acceptors (Lipinski definition) is 3. The SMILES string of the molecule is c1ccc2c(c1)-c1ccccc1C1(c3ccccc3-2)c2ccccc2-c2ccc(-c3nc(-c4cccc5ccccc45)c4oc5ccccc5c4n3)cc21. The largest absolute Gasteiger partial charge is 0.452 e. The topological polar surface area (TPSA) is 38.9 Å². The van der Waals surface area contributed by atoms with Gasteiger partial charge in [-0.15, -0.1) is 0 Å². The number of furan rings is 1. The molecule has 0 N–H and O–H groups in total. The van der Waals surface area contributed by atoms with E-state index in [1.165, 1.54) is 55.6 Å². The second kappa shape index (κ2) is 11.0. The van der Waals surface area contributed by atoms with E-state index in [1.807, 2.05) is 18.2 Å². The number of aromatic nitrogens is 2. The van der Waals surface area contributed by atoms with Gasteiger partial charge >= 0.3 is 0 Å². The Morgan fingerprint density at radius 2 is 0.907 bits per heavy atom. The van der Waals surface area contributed by atoms with Crippen LogP contribution in [0.15, 0.2) is 186 Å². The van der Waals surface area contributed by atoms with Gasteiger partial charge in [-0.1, -0.05) is 164 Å². The zero-order chi connectivity index (χ0) is 35.4. The molecule has 0 aliphatic heterocycles. The first-order valence-electron chi connectivity index (χ1n) is 18.5. The molecule has 2 aromatic heterocycles. The normalized spacial score (nSPS) is 13.3. The Labute approximate surface area is 311 Å². The highest BCUT2D eigenvalue weighted by molar-refractivity contribution is 6.10. The van der Waals surface area contributed by atoms with Crippen molar-refractivity contribution < 1.29 is 4.42 Å². The average molecular weight is 687 g/mol. The van der Waals surface area contributed by atoms with Gasteiger partial charge in [0.15, 0.2) is 11.4 Å². The quantitative estimate of drug-likeness (QED) is 0.182. The molecule has 10 aromatic rings. The second-order valence-electron chi connectivity index (χ2n) is 14.4. The summed E-state index contributed by atoms with van der Waals surface area (Å²) in [6.07, 6.45) is 0. The number of rotatable bonds is 2. The number of benzene rings is 8. The van der Waals surface area contributed by atoms with Crippen LogP contribution in [0.1, 0.15) is 22.3 Å². The van der Waals surface area contributed by atoms with Crippen LogP contribution in [-0.4, -0.2) is 9.97 Å². The lowest BCUT2D eigenvalue weighted by Gasteiger charge is -2.35. The van der Waals surface area contributed by atoms with Crippen LogP contribution in [0.2, 0.25) is 0 Å². The summed E-state index contributed by atoms with van der Waals surface area (Å²) in [6, 6.07) is 65.7. The molecule has 0 saturated heterocycles. The van der Waals surface area contributed by atoms with Gasteiger partial charge in [0.05, 0.1) is 5.41 Å². The van der Waals surface area contributed by atoms with Crippen LogP contribution < -0.4 is 0 Å². The average Bonchev–Trinajstić information content (AvgIpc) is 3.73. The van der Waals surface area contributed by atoms with Crippen molar-refractivity contribution in [2.75, 3.05) is 0 Å². The van der Waals surface area contributed by atoms with E-state index in [0.717, 1.165) is 44.1 Å². The van der Waals surface area contributed by atoms with Gasteiger partial charge in [-0.3, -0.25) is 0 Å². The maximum absolute atomic E-state index is 6.58. The highest BCUT2D eigenvalue weighted by Gasteiger charge is 2.49. The molecule has 0 saturated carbocycles. The predicted octanol–water partition coefficient (Wildman–Crippen LogP) is 12.9. The van der Waals surface area contributed by atoms with Crippen molar-refractivity contribution in [2.45, 2.75) is 5.41 Å². The zero-order valence-electron chi connectivity index (χ0n) is 29.1. The van der Waals surface area contributed by atoms with E-state index in [1.54, 1.807) is 0 Å². The number of hydrogen-bond donors (Lipinski definition) is 0. The molecule has 0 atom stereocenters. The monoisotopic (exact) mass is 686 g/mol. The molecule has 12 rings (SSSR count). The molecule has 3 heteroatoms. The van der Waals surface area contributed by atoms with Gasteiger partial charge in [-0.05, 0) is 84.6 Å². The molecule has 3 nitrogen and oxygen atoms in total. The lowest BCUT2D eigenvalue weighted by atomic mass is 9.66. The fraction of sp³-hybridized carbons (Fsp3) is 0.0196. The molecule has 2 aliphatic rings. The van der Waals surface area contributed by atoms with Gasteiger partial charge in [0, 0.05) is 16.5 Å². The van der Waals surface area contributed by atoms with Crippen LogP contribution >= 0.6 is 0 Å². The molecular weight excluding hydrogens is 657 g/mol. The van der Waals surface area contributed by atoms with E-state index in [9.17, 15) is 0 Å². The smallest absolute Gasteiger partial charge is 0.180 e. The standard InChI is InChI=1S/C51H30N2O/c1-2-16-33-31(14-1)15-13-23-40(33)47-49-48(41-22-8-12-27-46(41)54-49)53-50(52-47)32-28-29-39-38-21-7-11-26-44(38)51(45(39)30-32)42-24-9-5-19-36(42)34-17-3-4-18-35(34)37-20-6-10-25-43(37)51/h1-30H. The lowest BCUT2D eigenvalue weighted by Crippen LogP contribution is -2.29. The maximum Gasteiger partial charge on any atom is 0.180 e. The van der Waals surface area contributed by atoms with Gasteiger partial charge in [0.1, 0.15) is 16.8 Å². The molecule has 250 valence electrons. The van der Waals surface area contributed by atoms with Crippen LogP contribution in [0.25, 0.3) is 88.9 Å². The summed E-state index contributed by atoms with van der Waals surface area (Å²) in [6.45, 7) is 0. The Morgan fingerprint density at radius 3 is 1.61 bits per heavy atom. The first-order valence-corrected chi connectivity index (χ1v) is 18.5. The van der Waals surface area contributed by atoms with Crippen molar-refractivity contribution in [1.29, 1.82) is 0 Å². The van der Waals surface area contributed by atoms with Gasteiger partial charge in [-0.25, -0.2) is 9.97 Å². The van der Waals surface area contributed by atoms with Gasteiger partial charge in [0.25, 0.3) is 0 Å². The van der Waals surface area contributed by atoms with Crippen molar-refractivity contribution in [3.05, 3.63) is 204 Å². The van der Waals surface area contributed by atoms with Crippen LogP contribution in [0.5, 0.6) is 0 Å². The Kier molecular flexibility index (Phi) is 5.98. The third-order valence-electron chi connectivity index (χ3n) is 11.7. The molecule has 54 heavy (non-hydrogen) atoms. The Morgan fingerprint density at radius 1 is 0.389 bits per heavy atom. The van der Waals surface area contributed by atoms with E-state index < -0.39 is 5.41 Å². The first-order chi connectivity index (χ1) is 26.8. The Hall–Kier alpha value is -7.10. The summed E-state index contributed by atoms with van der Waals surface area (Å²) in [4.78, 5) is 10.8. The van der Waals surface area contributed by atoms with Gasteiger partial charge in [-0.2, -0.15) is 0 Å². The molecule has 2 aliphatic carbocycles. The van der Waals surface area contributed by atoms with Crippen molar-refractivity contribution in [2.24, 2.45) is 0 Å². The summed E-state index contributed by atoms with van der Waals surface area (Å²) >= 11 is 0. The third kappa shape index (κ3) is 3.85. The van der Waals surface area contributed by atoms with E-state index in [-0.39, 0.29) is 0 Å². The van der Waals surface area contributed by atoms with Crippen molar-refractivity contribution in [3.8, 4) is 56.0 Å². The molecule has 2 heterocycles. The molecule has 0 radical (unpaired) electrons. The summed E-state index contributed by atoms with van der Waals surface area (Å²) in [5, 5.41) is 3.26. The molecule has 0 bridgehead atoms. The minimum atomic E-state index is -0.584. The second-order valence-corrected chi connectivity index (χ2v) is 14.4. The number of fused-ring (bicyclic) bond motifs is 16. The van der Waals surface area contributed by atoms with Crippen LogP contribution in [0.4, 0.5) is 0 Å². The van der Waals surface area contributed by atoms with E-state index >= 15 is 0 Å². The highest BCUT2D eigenvalue weighted by Crippen LogP contribution is 2.61. The number of para-hydroxylation sites is 1. The van der Waals surface area contributed by atoms with Crippen LogP contribution in [-0.2, 0) is 5.41 Å². The summed E-state index contributed by atoms with van der Waals surface area (Å²) in [5.74, 6) is 0.671. The molecule has 8 aromatic carbocycles. The minimum absolute atomic E-state index is 0.584. The summed E-state index contributed by atoms with van der Waals surface area (Å²) < 4.78 is 6.58. The molecule has 0 fully saturated rings. The molecular formula is C51H30N2O. The summed E-state index contributed by atoms with van der Waals surface area (Å²) in [7, 11) is 0. The minimum Gasteiger partial charge on any atom is -0.452 e. The fourth-order valence-corrected chi connectivity index (χ4v) is 9.52. The van der Waals surface area contributed by atoms with Crippen LogP contribution in [0, 0.1) is 0 Å². The highest BCUT2D eigenvalue weighted by atomic mass is 16.3. The van der Waals surface area contributed by atoms with Gasteiger partial charge < -0.3 is 4.42 Å². The third-order valence-corrected chi connectivity index (χ3v) is 11.7. The van der Waals surface area contributed by atoms with Crippen molar-refractivity contribution >= 4 is 32.8 Å². The van der Waals surface area contributed by atoms with Crippen molar-refractivity contribution in [3.63, 3.8) is 0 Å². The molecule has 0 amide bonds. The Bertz CT molecular complexity index is 3120. The van der Waals surface area contributed by atoms with Gasteiger partial charge in [0.2, 0.25) is 0 Å². The fourth-order valence-electron chi connectivity index (χ4n) is 9.52. The molecule has 0 unspecified atom stereocenters. The first kappa shape index (κ1) is 29.5. The van der Waals surface area contributed by atoms with E-state index in [4.69, 9.17) is 14.4 Å². The maximum atomic E-state index is 6.58. The zero-order valence-corrected chi connectivity index (χ0v) is 29.1. The van der Waals surface area contributed by atoms with E-state index in [0.29, 0.717) is 11.4 Å².